The number of nitrogens with zero attached hydrogens (tertiary/aromatic N) is 2. The van der Waals surface area contributed by atoms with Gasteiger partial charge in [-0.3, -0.25) is 0 Å². The summed E-state index contributed by atoms with van der Waals surface area (Å²) in [5, 5.41) is 7.16. The standard InChI is InChI=1S/C57H38N2O/c1-57(2)48-24-12-23-45(54(48)46-30-38-16-6-8-18-40(38)32-49(46)57)43-20-10-11-21-44(43)51-34-50(58-56(59-51)37-14-4-3-5-15-37)36-28-26-35(27-29-36)42-22-13-25-52-55(42)47-31-39-17-7-9-19-41(39)33-53(47)60-52/h3-34H,1-2H3. The molecule has 0 aliphatic heterocycles. The SMILES string of the molecule is CC1(C)c2cc3ccccc3cc2-c2c(-c3ccccc3-c3cc(-c4ccc(-c5cccc6oc7cc8ccccc8cc7c56)cc4)nc(-c4ccccc4)n3)cccc21. The molecule has 0 unspecified atom stereocenters. The van der Waals surface area contributed by atoms with Crippen molar-refractivity contribution in [3.8, 4) is 67.3 Å². The molecule has 0 atom stereocenters. The van der Waals surface area contributed by atoms with Crippen LogP contribution in [0.3, 0.4) is 0 Å². The number of hydrogen-bond donors (Lipinski definition) is 0. The van der Waals surface area contributed by atoms with Crippen molar-refractivity contribution in [2.24, 2.45) is 0 Å². The molecule has 282 valence electrons. The highest BCUT2D eigenvalue weighted by Crippen LogP contribution is 2.54. The number of rotatable bonds is 5. The van der Waals surface area contributed by atoms with Gasteiger partial charge in [-0.05, 0) is 102 Å². The molecule has 2 aromatic heterocycles. The highest BCUT2D eigenvalue weighted by atomic mass is 16.3. The summed E-state index contributed by atoms with van der Waals surface area (Å²) in [5.74, 6) is 0.695. The molecule has 1 aliphatic carbocycles. The molecule has 0 N–H and O–H groups in total. The van der Waals surface area contributed by atoms with Gasteiger partial charge in [0, 0.05) is 32.9 Å². The third kappa shape index (κ3) is 5.36. The zero-order chi connectivity index (χ0) is 40.0. The molecule has 0 fully saturated rings. The van der Waals surface area contributed by atoms with Gasteiger partial charge in [0.25, 0.3) is 0 Å². The molecule has 0 spiro atoms. The number of aromatic nitrogens is 2. The van der Waals surface area contributed by atoms with E-state index < -0.39 is 0 Å². The van der Waals surface area contributed by atoms with Gasteiger partial charge in [0.15, 0.2) is 5.82 Å². The van der Waals surface area contributed by atoms with Crippen LogP contribution in [0.4, 0.5) is 0 Å². The van der Waals surface area contributed by atoms with Gasteiger partial charge in [-0.15, -0.1) is 0 Å². The summed E-state index contributed by atoms with van der Waals surface area (Å²) in [7, 11) is 0. The van der Waals surface area contributed by atoms with E-state index in [1.807, 2.05) is 18.2 Å². The Labute approximate surface area is 348 Å². The van der Waals surface area contributed by atoms with Crippen LogP contribution in [0.1, 0.15) is 25.0 Å². The Morgan fingerprint density at radius 3 is 1.77 bits per heavy atom. The molecule has 9 aromatic carbocycles. The summed E-state index contributed by atoms with van der Waals surface area (Å²) in [6.45, 7) is 4.71. The van der Waals surface area contributed by atoms with Gasteiger partial charge in [-0.25, -0.2) is 9.97 Å². The van der Waals surface area contributed by atoms with Crippen LogP contribution in [-0.2, 0) is 5.41 Å². The normalized spacial score (nSPS) is 13.0. The molecule has 0 bridgehead atoms. The van der Waals surface area contributed by atoms with Gasteiger partial charge in [0.05, 0.1) is 11.4 Å². The molecule has 1 aliphatic rings. The Bertz CT molecular complexity index is 3500. The van der Waals surface area contributed by atoms with E-state index in [0.29, 0.717) is 5.82 Å². The van der Waals surface area contributed by atoms with E-state index in [1.54, 1.807) is 0 Å². The van der Waals surface area contributed by atoms with Gasteiger partial charge in [0.1, 0.15) is 11.2 Å². The van der Waals surface area contributed by atoms with E-state index >= 15 is 0 Å². The second-order valence-electron chi connectivity index (χ2n) is 16.5. The molecule has 0 amide bonds. The van der Waals surface area contributed by atoms with Crippen molar-refractivity contribution in [3.05, 3.63) is 205 Å². The average Bonchev–Trinajstić information content (AvgIpc) is 3.78. The molecule has 0 saturated heterocycles. The van der Waals surface area contributed by atoms with Crippen LogP contribution >= 0.6 is 0 Å². The second-order valence-corrected chi connectivity index (χ2v) is 16.5. The van der Waals surface area contributed by atoms with Gasteiger partial charge >= 0.3 is 0 Å². The predicted octanol–water partition coefficient (Wildman–Crippen LogP) is 15.3. The fraction of sp³-hybridized carbons (Fsp3) is 0.0526. The summed E-state index contributed by atoms with van der Waals surface area (Å²) in [6, 6.07) is 69.5. The minimum Gasteiger partial charge on any atom is -0.456 e. The van der Waals surface area contributed by atoms with Crippen molar-refractivity contribution < 1.29 is 4.42 Å². The zero-order valence-electron chi connectivity index (χ0n) is 33.3. The fourth-order valence-electron chi connectivity index (χ4n) is 9.66. The maximum Gasteiger partial charge on any atom is 0.160 e. The molecule has 3 heteroatoms. The average molecular weight is 767 g/mol. The first-order chi connectivity index (χ1) is 29.5. The van der Waals surface area contributed by atoms with Crippen LogP contribution in [0, 0.1) is 0 Å². The molecule has 2 heterocycles. The highest BCUT2D eigenvalue weighted by Gasteiger charge is 2.37. The Balaban J connectivity index is 1.00. The number of hydrogen-bond acceptors (Lipinski definition) is 3. The van der Waals surface area contributed by atoms with Crippen molar-refractivity contribution in [1.29, 1.82) is 0 Å². The summed E-state index contributed by atoms with van der Waals surface area (Å²) < 4.78 is 6.42. The maximum atomic E-state index is 6.42. The zero-order valence-corrected chi connectivity index (χ0v) is 33.3. The van der Waals surface area contributed by atoms with Crippen LogP contribution in [0.5, 0.6) is 0 Å². The number of benzene rings is 9. The highest BCUT2D eigenvalue weighted by molar-refractivity contribution is 6.15. The van der Waals surface area contributed by atoms with Gasteiger partial charge in [0.2, 0.25) is 0 Å². The van der Waals surface area contributed by atoms with Gasteiger partial charge in [-0.2, -0.15) is 0 Å². The largest absolute Gasteiger partial charge is 0.456 e. The first-order valence-electron chi connectivity index (χ1n) is 20.6. The Hall–Kier alpha value is -7.62. The van der Waals surface area contributed by atoms with Crippen LogP contribution in [0.25, 0.3) is 111 Å². The van der Waals surface area contributed by atoms with E-state index in [1.165, 1.54) is 49.4 Å². The molecular weight excluding hydrogens is 729 g/mol. The Morgan fingerprint density at radius 2 is 0.983 bits per heavy atom. The van der Waals surface area contributed by atoms with E-state index in [9.17, 15) is 0 Å². The minimum absolute atomic E-state index is 0.140. The third-order valence-corrected chi connectivity index (χ3v) is 12.7. The lowest BCUT2D eigenvalue weighted by molar-refractivity contribution is 0.661. The monoisotopic (exact) mass is 766 g/mol. The molecule has 11 aromatic rings. The fourth-order valence-corrected chi connectivity index (χ4v) is 9.66. The molecule has 12 rings (SSSR count). The molecule has 0 radical (unpaired) electrons. The van der Waals surface area contributed by atoms with E-state index in [2.05, 4.69) is 190 Å². The topological polar surface area (TPSA) is 38.9 Å². The lowest BCUT2D eigenvalue weighted by Gasteiger charge is -2.22. The lowest BCUT2D eigenvalue weighted by Crippen LogP contribution is -2.14. The first-order valence-corrected chi connectivity index (χ1v) is 20.6. The molecule has 3 nitrogen and oxygen atoms in total. The van der Waals surface area contributed by atoms with Crippen molar-refractivity contribution in [2.45, 2.75) is 19.3 Å². The van der Waals surface area contributed by atoms with Crippen molar-refractivity contribution in [2.75, 3.05) is 0 Å². The van der Waals surface area contributed by atoms with Crippen molar-refractivity contribution in [1.82, 2.24) is 9.97 Å². The molecule has 60 heavy (non-hydrogen) atoms. The summed E-state index contributed by atoms with van der Waals surface area (Å²) in [4.78, 5) is 10.5. The molecular formula is C57H38N2O. The first kappa shape index (κ1) is 34.4. The van der Waals surface area contributed by atoms with Crippen LogP contribution in [-0.4, -0.2) is 9.97 Å². The predicted molar refractivity (Wildman–Crippen MR) is 249 cm³/mol. The van der Waals surface area contributed by atoms with Crippen LogP contribution in [0.2, 0.25) is 0 Å². The van der Waals surface area contributed by atoms with Gasteiger partial charge < -0.3 is 4.42 Å². The van der Waals surface area contributed by atoms with E-state index in [-0.39, 0.29) is 5.41 Å². The maximum absolute atomic E-state index is 6.42. The lowest BCUT2D eigenvalue weighted by atomic mass is 9.81. The summed E-state index contributed by atoms with van der Waals surface area (Å²) >= 11 is 0. The minimum atomic E-state index is -0.140. The Morgan fingerprint density at radius 1 is 0.383 bits per heavy atom. The molecule has 0 saturated carbocycles. The third-order valence-electron chi connectivity index (χ3n) is 12.7. The number of fused-ring (bicyclic) bond motifs is 8. The van der Waals surface area contributed by atoms with E-state index in [4.69, 9.17) is 14.4 Å². The van der Waals surface area contributed by atoms with Crippen molar-refractivity contribution in [3.63, 3.8) is 0 Å². The number of furan rings is 1. The van der Waals surface area contributed by atoms with Crippen LogP contribution < -0.4 is 0 Å². The van der Waals surface area contributed by atoms with Crippen LogP contribution in [0.15, 0.2) is 199 Å². The second kappa shape index (κ2) is 13.2. The smallest absolute Gasteiger partial charge is 0.160 e. The Kier molecular flexibility index (Phi) is 7.58. The van der Waals surface area contributed by atoms with Gasteiger partial charge in [-0.1, -0.05) is 172 Å². The summed E-state index contributed by atoms with van der Waals surface area (Å²) in [5.41, 5.74) is 16.4. The van der Waals surface area contributed by atoms with E-state index in [0.717, 1.165) is 66.7 Å². The van der Waals surface area contributed by atoms with Crippen molar-refractivity contribution >= 4 is 43.5 Å². The summed E-state index contributed by atoms with van der Waals surface area (Å²) in [6.07, 6.45) is 0. The quantitative estimate of drug-likeness (QED) is 0.175.